The van der Waals surface area contributed by atoms with Crippen LogP contribution >= 0.6 is 23.4 Å². The van der Waals surface area contributed by atoms with Gasteiger partial charge in [0.05, 0.1) is 19.6 Å². The number of rotatable bonds is 4. The zero-order valence-corrected chi connectivity index (χ0v) is 15.5. The highest BCUT2D eigenvalue weighted by Crippen LogP contribution is 2.49. The van der Waals surface area contributed by atoms with E-state index in [1.165, 1.54) is 18.9 Å². The molecule has 25 heavy (non-hydrogen) atoms. The van der Waals surface area contributed by atoms with Crippen molar-refractivity contribution in [2.75, 3.05) is 7.11 Å². The number of carbonyl (C=O) groups excluding carboxylic acids is 2. The molecule has 3 rings (SSSR count). The Kier molecular flexibility index (Phi) is 5.06. The molecule has 1 aliphatic rings. The maximum atomic E-state index is 12.8. The van der Waals surface area contributed by atoms with Gasteiger partial charge in [0, 0.05) is 9.92 Å². The van der Waals surface area contributed by atoms with Crippen molar-refractivity contribution in [1.82, 2.24) is 5.32 Å². The Bertz CT molecular complexity index is 809. The third-order valence-corrected chi connectivity index (χ3v) is 5.88. The molecule has 0 aromatic heterocycles. The van der Waals surface area contributed by atoms with Crippen LogP contribution in [0.4, 0.5) is 0 Å². The van der Waals surface area contributed by atoms with Crippen LogP contribution in [-0.4, -0.2) is 23.7 Å². The van der Waals surface area contributed by atoms with E-state index in [0.29, 0.717) is 5.02 Å². The minimum atomic E-state index is -1.08. The van der Waals surface area contributed by atoms with Crippen LogP contribution in [0.2, 0.25) is 5.02 Å². The van der Waals surface area contributed by atoms with Crippen molar-refractivity contribution in [3.05, 3.63) is 64.7 Å². The Balaban J connectivity index is 2.06. The molecule has 0 radical (unpaired) electrons. The first-order valence-electron chi connectivity index (χ1n) is 7.83. The molecule has 2 atom stereocenters. The highest BCUT2D eigenvalue weighted by molar-refractivity contribution is 8.01. The maximum Gasteiger partial charge on any atom is 0.325 e. The number of amides is 1. The Morgan fingerprint density at radius 2 is 2.00 bits per heavy atom. The highest BCUT2D eigenvalue weighted by atomic mass is 35.5. The van der Waals surface area contributed by atoms with Gasteiger partial charge in [0.2, 0.25) is 5.91 Å². The lowest BCUT2D eigenvalue weighted by Gasteiger charge is -2.31. The molecule has 0 bridgehead atoms. The van der Waals surface area contributed by atoms with Gasteiger partial charge in [-0.05, 0) is 36.8 Å². The van der Waals surface area contributed by atoms with E-state index in [0.717, 1.165) is 16.0 Å². The first kappa shape index (κ1) is 17.8. The number of hydrogen-bond acceptors (Lipinski definition) is 4. The molecule has 1 saturated heterocycles. The average Bonchev–Trinajstić information content (AvgIpc) is 2.93. The molecule has 130 valence electrons. The summed E-state index contributed by atoms with van der Waals surface area (Å²) in [5.41, 5.74) is 1.91. The summed E-state index contributed by atoms with van der Waals surface area (Å²) in [7, 11) is 1.34. The first-order valence-corrected chi connectivity index (χ1v) is 9.03. The zero-order chi connectivity index (χ0) is 18.0. The lowest BCUT2D eigenvalue weighted by atomic mass is 9.93. The molecule has 2 aromatic carbocycles. The fourth-order valence-electron chi connectivity index (χ4n) is 3.02. The lowest BCUT2D eigenvalue weighted by molar-refractivity contribution is -0.144. The third kappa shape index (κ3) is 3.53. The van der Waals surface area contributed by atoms with E-state index in [-0.39, 0.29) is 12.3 Å². The third-order valence-electron chi connectivity index (χ3n) is 4.23. The number of hydrogen-bond donors (Lipinski definition) is 1. The normalized spacial score (nSPS) is 22.5. The van der Waals surface area contributed by atoms with Crippen LogP contribution in [0.15, 0.2) is 53.4 Å². The molecule has 1 aliphatic heterocycles. The molecule has 4 nitrogen and oxygen atoms in total. The van der Waals surface area contributed by atoms with Crippen LogP contribution in [0.3, 0.4) is 0 Å². The van der Waals surface area contributed by atoms with Crippen molar-refractivity contribution in [2.24, 2.45) is 0 Å². The minimum Gasteiger partial charge on any atom is -0.468 e. The molecule has 1 heterocycles. The molecule has 1 fully saturated rings. The lowest BCUT2D eigenvalue weighted by Crippen LogP contribution is -2.41. The van der Waals surface area contributed by atoms with Crippen LogP contribution in [0.5, 0.6) is 0 Å². The molecule has 6 heteroatoms. The van der Waals surface area contributed by atoms with Crippen LogP contribution in [0, 0.1) is 6.92 Å². The van der Waals surface area contributed by atoms with Gasteiger partial charge in [-0.25, -0.2) is 0 Å². The number of aryl methyl sites for hydroxylation is 1. The van der Waals surface area contributed by atoms with E-state index in [1.807, 2.05) is 37.3 Å². The molecule has 1 N–H and O–H groups in total. The summed E-state index contributed by atoms with van der Waals surface area (Å²) in [4.78, 5) is 25.9. The second kappa shape index (κ2) is 7.10. The number of carbonyl (C=O) groups is 2. The number of benzene rings is 2. The second-order valence-corrected chi connectivity index (χ2v) is 7.87. The fraction of sp³-hybridized carbons (Fsp3) is 0.263. The van der Waals surface area contributed by atoms with Crippen molar-refractivity contribution in [3.8, 4) is 0 Å². The largest absolute Gasteiger partial charge is 0.468 e. The molecule has 1 amide bonds. The maximum absolute atomic E-state index is 12.8. The van der Waals surface area contributed by atoms with E-state index in [1.54, 1.807) is 18.2 Å². The minimum absolute atomic E-state index is 0.0510. The second-order valence-electron chi connectivity index (χ2n) is 6.03. The SMILES string of the molecule is COC(=O)C1(Sc2ccc(C)cc2)CC(=O)N[C@@H]1c1cccc(Cl)c1. The average molecular weight is 376 g/mol. The Hall–Kier alpha value is -1.98. The summed E-state index contributed by atoms with van der Waals surface area (Å²) in [6.45, 7) is 2.00. The predicted molar refractivity (Wildman–Crippen MR) is 98.7 cm³/mol. The van der Waals surface area contributed by atoms with E-state index >= 15 is 0 Å². The quantitative estimate of drug-likeness (QED) is 0.823. The molecule has 0 spiro atoms. The summed E-state index contributed by atoms with van der Waals surface area (Å²) < 4.78 is 4.00. The summed E-state index contributed by atoms with van der Waals surface area (Å²) in [5, 5.41) is 3.47. The molecular weight excluding hydrogens is 358 g/mol. The predicted octanol–water partition coefficient (Wildman–Crippen LogP) is 3.91. The topological polar surface area (TPSA) is 55.4 Å². The van der Waals surface area contributed by atoms with Gasteiger partial charge in [-0.3, -0.25) is 9.59 Å². The van der Waals surface area contributed by atoms with Crippen LogP contribution in [0.25, 0.3) is 0 Å². The molecule has 2 aromatic rings. The van der Waals surface area contributed by atoms with Gasteiger partial charge < -0.3 is 10.1 Å². The number of thioether (sulfide) groups is 1. The van der Waals surface area contributed by atoms with Crippen LogP contribution < -0.4 is 5.32 Å². The summed E-state index contributed by atoms with van der Waals surface area (Å²) >= 11 is 7.46. The van der Waals surface area contributed by atoms with E-state index in [2.05, 4.69) is 5.32 Å². The number of ether oxygens (including phenoxy) is 1. The number of halogens is 1. The Labute approximate surface area is 155 Å². The van der Waals surface area contributed by atoms with E-state index in [4.69, 9.17) is 16.3 Å². The van der Waals surface area contributed by atoms with E-state index in [9.17, 15) is 9.59 Å². The van der Waals surface area contributed by atoms with Crippen LogP contribution in [-0.2, 0) is 14.3 Å². The van der Waals surface area contributed by atoms with Crippen molar-refractivity contribution in [1.29, 1.82) is 0 Å². The summed E-state index contributed by atoms with van der Waals surface area (Å²) in [6.07, 6.45) is 0.0510. The Morgan fingerprint density at radius 3 is 2.64 bits per heavy atom. The monoisotopic (exact) mass is 375 g/mol. The van der Waals surface area contributed by atoms with Gasteiger partial charge in [-0.1, -0.05) is 41.4 Å². The van der Waals surface area contributed by atoms with Crippen LogP contribution in [0.1, 0.15) is 23.6 Å². The molecular formula is C19H18ClNO3S. The van der Waals surface area contributed by atoms with E-state index < -0.39 is 16.8 Å². The highest BCUT2D eigenvalue weighted by Gasteiger charge is 2.55. The van der Waals surface area contributed by atoms with Gasteiger partial charge in [0.1, 0.15) is 0 Å². The smallest absolute Gasteiger partial charge is 0.325 e. The standard InChI is InChI=1S/C19H18ClNO3S/c1-12-6-8-15(9-7-12)25-19(18(23)24-2)11-16(22)21-17(19)13-4-3-5-14(20)10-13/h3-10,17H,11H2,1-2H3,(H,21,22)/t17-,19?/m1/s1. The number of esters is 1. The summed E-state index contributed by atoms with van der Waals surface area (Å²) in [6, 6.07) is 14.5. The van der Waals surface area contributed by atoms with Crippen molar-refractivity contribution in [3.63, 3.8) is 0 Å². The van der Waals surface area contributed by atoms with Gasteiger partial charge >= 0.3 is 5.97 Å². The fourth-order valence-corrected chi connectivity index (χ4v) is 4.60. The number of nitrogens with one attached hydrogen (secondary N) is 1. The van der Waals surface area contributed by atoms with Crippen molar-refractivity contribution < 1.29 is 14.3 Å². The first-order chi connectivity index (χ1) is 11.9. The number of methoxy groups -OCH3 is 1. The molecule has 1 unspecified atom stereocenters. The molecule has 0 aliphatic carbocycles. The van der Waals surface area contributed by atoms with Gasteiger partial charge in [-0.15, -0.1) is 11.8 Å². The van der Waals surface area contributed by atoms with Gasteiger partial charge in [0.15, 0.2) is 4.75 Å². The summed E-state index contributed by atoms with van der Waals surface area (Å²) in [5.74, 6) is -0.614. The zero-order valence-electron chi connectivity index (χ0n) is 13.9. The molecule has 0 saturated carbocycles. The van der Waals surface area contributed by atoms with Gasteiger partial charge in [0.25, 0.3) is 0 Å². The Morgan fingerprint density at radius 1 is 1.28 bits per heavy atom. The van der Waals surface area contributed by atoms with Gasteiger partial charge in [-0.2, -0.15) is 0 Å². The van der Waals surface area contributed by atoms with Crippen molar-refractivity contribution >= 4 is 35.2 Å². The van der Waals surface area contributed by atoms with Crippen molar-refractivity contribution in [2.45, 2.75) is 29.0 Å².